The van der Waals surface area contributed by atoms with Crippen molar-refractivity contribution in [1.29, 1.82) is 0 Å². The highest BCUT2D eigenvalue weighted by atomic mass is 15.1. The number of hydrogen-bond acceptors (Lipinski definition) is 1. The maximum atomic E-state index is 2.74. The van der Waals surface area contributed by atoms with Crippen LogP contribution in [0.25, 0.3) is 0 Å². The Morgan fingerprint density at radius 2 is 1.00 bits per heavy atom. The largest absolute Gasteiger partial charge is 0.301 e. The smallest absolute Gasteiger partial charge is 0.0126 e. The molecule has 182 valence electrons. The second-order valence-corrected chi connectivity index (χ2v) is 10.9. The van der Waals surface area contributed by atoms with Crippen molar-refractivity contribution < 1.29 is 0 Å². The van der Waals surface area contributed by atoms with Crippen molar-refractivity contribution in [2.24, 2.45) is 23.7 Å². The molecule has 30 heavy (non-hydrogen) atoms. The standard InChI is InChI=1S/C29H61N/c1-9-12-13-14-15-16-17-18-19-20-21-22-23-28(26(6)7)27(8)29(24-25(4)5)30(10-2)11-3/h25-29H,9-24H2,1-8H3. The lowest BCUT2D eigenvalue weighted by molar-refractivity contribution is 0.0850. The molecule has 0 aliphatic rings. The van der Waals surface area contributed by atoms with Crippen LogP contribution in [0.2, 0.25) is 0 Å². The summed E-state index contributed by atoms with van der Waals surface area (Å²) in [6, 6.07) is 0.754. The van der Waals surface area contributed by atoms with Crippen LogP contribution in [0.15, 0.2) is 0 Å². The third-order valence-electron chi connectivity index (χ3n) is 7.52. The van der Waals surface area contributed by atoms with E-state index in [0.717, 1.165) is 29.7 Å². The van der Waals surface area contributed by atoms with Crippen molar-refractivity contribution in [2.75, 3.05) is 13.1 Å². The average Bonchev–Trinajstić information content (AvgIpc) is 2.70. The van der Waals surface area contributed by atoms with Crippen molar-refractivity contribution >= 4 is 0 Å². The highest BCUT2D eigenvalue weighted by Crippen LogP contribution is 2.33. The molecule has 0 bridgehead atoms. The zero-order valence-electron chi connectivity index (χ0n) is 22.6. The van der Waals surface area contributed by atoms with Gasteiger partial charge in [0, 0.05) is 6.04 Å². The molecule has 0 amide bonds. The summed E-state index contributed by atoms with van der Waals surface area (Å²) in [5.41, 5.74) is 0. The number of nitrogens with zero attached hydrogens (tertiary/aromatic N) is 1. The Morgan fingerprint density at radius 3 is 1.37 bits per heavy atom. The predicted molar refractivity (Wildman–Crippen MR) is 139 cm³/mol. The molecule has 0 radical (unpaired) electrons. The van der Waals surface area contributed by atoms with Gasteiger partial charge in [-0.25, -0.2) is 0 Å². The Kier molecular flexibility index (Phi) is 19.6. The Balaban J connectivity index is 4.21. The molecular formula is C29H61N. The molecule has 1 heteroatoms. The minimum Gasteiger partial charge on any atom is -0.301 e. The predicted octanol–water partition coefficient (Wildman–Crippen LogP) is 9.74. The molecular weight excluding hydrogens is 362 g/mol. The van der Waals surface area contributed by atoms with E-state index < -0.39 is 0 Å². The van der Waals surface area contributed by atoms with E-state index in [1.807, 2.05) is 0 Å². The van der Waals surface area contributed by atoms with E-state index in [1.165, 1.54) is 103 Å². The Bertz CT molecular complexity index is 344. The van der Waals surface area contributed by atoms with Gasteiger partial charge in [0.15, 0.2) is 0 Å². The van der Waals surface area contributed by atoms with E-state index in [4.69, 9.17) is 0 Å². The van der Waals surface area contributed by atoms with E-state index in [-0.39, 0.29) is 0 Å². The molecule has 0 rings (SSSR count). The second kappa shape index (κ2) is 19.6. The second-order valence-electron chi connectivity index (χ2n) is 10.9. The third kappa shape index (κ3) is 14.1. The first-order valence-corrected chi connectivity index (χ1v) is 14.1. The Morgan fingerprint density at radius 1 is 0.567 bits per heavy atom. The molecule has 0 aromatic rings. The SMILES string of the molecule is CCCCCCCCCCCCCCC(C(C)C)C(C)C(CC(C)C)N(CC)CC. The van der Waals surface area contributed by atoms with Gasteiger partial charge in [0.05, 0.1) is 0 Å². The Labute approximate surface area is 193 Å². The minimum absolute atomic E-state index is 0.754. The van der Waals surface area contributed by atoms with Crippen LogP contribution < -0.4 is 0 Å². The molecule has 3 atom stereocenters. The number of rotatable bonds is 21. The van der Waals surface area contributed by atoms with Gasteiger partial charge in [-0.05, 0) is 49.6 Å². The summed E-state index contributed by atoms with van der Waals surface area (Å²) in [7, 11) is 0. The first-order valence-electron chi connectivity index (χ1n) is 14.1. The molecule has 0 aromatic carbocycles. The molecule has 3 unspecified atom stereocenters. The van der Waals surface area contributed by atoms with E-state index in [1.54, 1.807) is 0 Å². The maximum absolute atomic E-state index is 2.74. The van der Waals surface area contributed by atoms with Crippen LogP contribution in [-0.2, 0) is 0 Å². The fourth-order valence-electron chi connectivity index (χ4n) is 5.58. The molecule has 1 nitrogen and oxygen atoms in total. The van der Waals surface area contributed by atoms with Crippen LogP contribution >= 0.6 is 0 Å². The van der Waals surface area contributed by atoms with Gasteiger partial charge in [0.2, 0.25) is 0 Å². The van der Waals surface area contributed by atoms with Crippen LogP contribution in [0.4, 0.5) is 0 Å². The van der Waals surface area contributed by atoms with E-state index in [2.05, 4.69) is 60.3 Å². The van der Waals surface area contributed by atoms with Crippen molar-refractivity contribution in [3.8, 4) is 0 Å². The topological polar surface area (TPSA) is 3.24 Å². The van der Waals surface area contributed by atoms with Crippen molar-refractivity contribution in [3.05, 3.63) is 0 Å². The van der Waals surface area contributed by atoms with Crippen LogP contribution in [0, 0.1) is 23.7 Å². The highest BCUT2D eigenvalue weighted by molar-refractivity contribution is 4.83. The van der Waals surface area contributed by atoms with Gasteiger partial charge in [0.25, 0.3) is 0 Å². The lowest BCUT2D eigenvalue weighted by atomic mass is 9.75. The summed E-state index contributed by atoms with van der Waals surface area (Å²) in [6.07, 6.45) is 20.2. The summed E-state index contributed by atoms with van der Waals surface area (Å²) in [5.74, 6) is 3.27. The number of unbranched alkanes of at least 4 members (excludes halogenated alkanes) is 11. The summed E-state index contributed by atoms with van der Waals surface area (Å²) in [5, 5.41) is 0. The normalized spacial score (nSPS) is 15.3. The zero-order chi connectivity index (χ0) is 22.8. The van der Waals surface area contributed by atoms with Gasteiger partial charge in [-0.1, -0.05) is 132 Å². The van der Waals surface area contributed by atoms with Gasteiger partial charge in [0.1, 0.15) is 0 Å². The molecule has 0 aliphatic heterocycles. The first-order chi connectivity index (χ1) is 14.4. The summed E-state index contributed by atoms with van der Waals surface area (Å²) in [6.45, 7) is 21.7. The van der Waals surface area contributed by atoms with Gasteiger partial charge in [-0.2, -0.15) is 0 Å². The fourth-order valence-corrected chi connectivity index (χ4v) is 5.58. The lowest BCUT2D eigenvalue weighted by Crippen LogP contribution is -2.44. The van der Waals surface area contributed by atoms with Crippen molar-refractivity contribution in [3.63, 3.8) is 0 Å². The van der Waals surface area contributed by atoms with Crippen molar-refractivity contribution in [1.82, 2.24) is 4.90 Å². The molecule has 0 aliphatic carbocycles. The first kappa shape index (κ1) is 30.0. The molecule has 0 saturated carbocycles. The number of hydrogen-bond donors (Lipinski definition) is 0. The van der Waals surface area contributed by atoms with E-state index >= 15 is 0 Å². The average molecular weight is 424 g/mol. The van der Waals surface area contributed by atoms with Crippen LogP contribution in [-0.4, -0.2) is 24.0 Å². The lowest BCUT2D eigenvalue weighted by Gasteiger charge is -2.41. The molecule has 0 N–H and O–H groups in total. The molecule has 0 heterocycles. The third-order valence-corrected chi connectivity index (χ3v) is 7.52. The maximum Gasteiger partial charge on any atom is 0.0126 e. The highest BCUT2D eigenvalue weighted by Gasteiger charge is 2.30. The Hall–Kier alpha value is -0.0400. The van der Waals surface area contributed by atoms with Gasteiger partial charge < -0.3 is 4.90 Å². The van der Waals surface area contributed by atoms with Crippen LogP contribution in [0.5, 0.6) is 0 Å². The fraction of sp³-hybridized carbons (Fsp3) is 1.00. The quantitative estimate of drug-likeness (QED) is 0.166. The molecule has 0 fully saturated rings. The van der Waals surface area contributed by atoms with E-state index in [0.29, 0.717) is 0 Å². The monoisotopic (exact) mass is 423 g/mol. The summed E-state index contributed by atoms with van der Waals surface area (Å²) >= 11 is 0. The minimum atomic E-state index is 0.754. The van der Waals surface area contributed by atoms with E-state index in [9.17, 15) is 0 Å². The van der Waals surface area contributed by atoms with Gasteiger partial charge in [-0.3, -0.25) is 0 Å². The van der Waals surface area contributed by atoms with Crippen LogP contribution in [0.3, 0.4) is 0 Å². The van der Waals surface area contributed by atoms with Crippen LogP contribution in [0.1, 0.15) is 145 Å². The summed E-state index contributed by atoms with van der Waals surface area (Å²) in [4.78, 5) is 2.74. The zero-order valence-corrected chi connectivity index (χ0v) is 22.6. The van der Waals surface area contributed by atoms with Gasteiger partial charge >= 0.3 is 0 Å². The summed E-state index contributed by atoms with van der Waals surface area (Å²) < 4.78 is 0. The van der Waals surface area contributed by atoms with Crippen molar-refractivity contribution in [2.45, 2.75) is 151 Å². The van der Waals surface area contributed by atoms with Gasteiger partial charge in [-0.15, -0.1) is 0 Å². The molecule has 0 spiro atoms. The molecule has 0 aromatic heterocycles. The molecule has 0 saturated heterocycles.